The Morgan fingerprint density at radius 1 is 1.03 bits per heavy atom. The quantitative estimate of drug-likeness (QED) is 0.481. The summed E-state index contributed by atoms with van der Waals surface area (Å²) >= 11 is 0. The molecule has 0 aliphatic heterocycles. The second kappa shape index (κ2) is 11.8. The van der Waals surface area contributed by atoms with Gasteiger partial charge < -0.3 is 25.2 Å². The second-order valence-corrected chi connectivity index (χ2v) is 6.48. The van der Waals surface area contributed by atoms with Crippen LogP contribution in [0.2, 0.25) is 0 Å². The summed E-state index contributed by atoms with van der Waals surface area (Å²) in [4.78, 5) is 25.0. The first kappa shape index (κ1) is 24.7. The number of rotatable bonds is 10. The fourth-order valence-corrected chi connectivity index (χ4v) is 2.47. The van der Waals surface area contributed by atoms with Crippen molar-refractivity contribution in [3.63, 3.8) is 0 Å². The minimum atomic E-state index is -4.82. The highest BCUT2D eigenvalue weighted by molar-refractivity contribution is 6.05. The number of nitrogens with one attached hydrogen (secondary N) is 2. The lowest BCUT2D eigenvalue weighted by Crippen LogP contribution is -2.36. The molecule has 7 nitrogen and oxygen atoms in total. The highest BCUT2D eigenvalue weighted by Gasteiger charge is 2.30. The van der Waals surface area contributed by atoms with Gasteiger partial charge in [-0.2, -0.15) is 0 Å². The molecule has 0 heterocycles. The summed E-state index contributed by atoms with van der Waals surface area (Å²) in [6.07, 6.45) is -2.69. The number of aliphatic hydroxyl groups is 1. The van der Waals surface area contributed by atoms with Gasteiger partial charge >= 0.3 is 6.36 Å². The van der Waals surface area contributed by atoms with Crippen LogP contribution in [-0.2, 0) is 4.79 Å². The maximum atomic E-state index is 12.6. The molecule has 0 atom stereocenters. The zero-order chi connectivity index (χ0) is 23.6. The van der Waals surface area contributed by atoms with Gasteiger partial charge in [0.2, 0.25) is 0 Å². The number of hydrogen-bond donors (Lipinski definition) is 3. The van der Waals surface area contributed by atoms with E-state index >= 15 is 0 Å². The third kappa shape index (κ3) is 8.31. The third-order valence-corrected chi connectivity index (χ3v) is 3.90. The van der Waals surface area contributed by atoms with Gasteiger partial charge in [0.1, 0.15) is 17.2 Å². The summed E-state index contributed by atoms with van der Waals surface area (Å²) in [5.41, 5.74) is 0.458. The van der Waals surface area contributed by atoms with Gasteiger partial charge in [-0.1, -0.05) is 19.1 Å². The van der Waals surface area contributed by atoms with E-state index in [1.807, 2.05) is 6.92 Å². The Bertz CT molecular complexity index is 926. The first-order chi connectivity index (χ1) is 15.2. The van der Waals surface area contributed by atoms with Crippen LogP contribution >= 0.6 is 0 Å². The van der Waals surface area contributed by atoms with Crippen LogP contribution in [0.25, 0.3) is 6.08 Å². The molecule has 0 spiro atoms. The lowest BCUT2D eigenvalue weighted by Gasteiger charge is -2.12. The van der Waals surface area contributed by atoms with Crippen molar-refractivity contribution in [1.29, 1.82) is 0 Å². The molecule has 0 saturated heterocycles. The summed E-state index contributed by atoms with van der Waals surface area (Å²) in [7, 11) is 0. The van der Waals surface area contributed by atoms with E-state index in [0.717, 1.165) is 18.6 Å². The molecular weight excluding hydrogens is 429 g/mol. The van der Waals surface area contributed by atoms with Gasteiger partial charge in [0.15, 0.2) is 0 Å². The van der Waals surface area contributed by atoms with Gasteiger partial charge in [-0.25, -0.2) is 0 Å². The van der Waals surface area contributed by atoms with Crippen molar-refractivity contribution in [3.05, 3.63) is 65.4 Å². The molecule has 10 heteroatoms. The topological polar surface area (TPSA) is 96.9 Å². The monoisotopic (exact) mass is 452 g/mol. The van der Waals surface area contributed by atoms with E-state index in [1.165, 1.54) is 30.3 Å². The zero-order valence-electron chi connectivity index (χ0n) is 17.2. The molecule has 0 fully saturated rings. The van der Waals surface area contributed by atoms with E-state index in [-0.39, 0.29) is 24.4 Å². The molecule has 0 unspecified atom stereocenters. The first-order valence-corrected chi connectivity index (χ1v) is 9.72. The Morgan fingerprint density at radius 3 is 2.22 bits per heavy atom. The number of carbonyl (C=O) groups excluding carboxylic acids is 2. The number of aliphatic hydroxyl groups excluding tert-OH is 1. The third-order valence-electron chi connectivity index (χ3n) is 3.90. The molecule has 0 aliphatic rings. The smallest absolute Gasteiger partial charge is 0.494 e. The fourth-order valence-electron chi connectivity index (χ4n) is 2.47. The molecule has 0 saturated carbocycles. The van der Waals surface area contributed by atoms with Crippen LogP contribution in [0.4, 0.5) is 13.2 Å². The molecule has 2 amide bonds. The van der Waals surface area contributed by atoms with Crippen molar-refractivity contribution >= 4 is 17.9 Å². The Morgan fingerprint density at radius 2 is 1.66 bits per heavy atom. The van der Waals surface area contributed by atoms with Crippen molar-refractivity contribution in [2.75, 3.05) is 19.8 Å². The molecule has 0 aliphatic carbocycles. The molecular formula is C22H23F3N2O5. The van der Waals surface area contributed by atoms with Gasteiger partial charge in [0.25, 0.3) is 11.8 Å². The average molecular weight is 452 g/mol. The summed E-state index contributed by atoms with van der Waals surface area (Å²) in [5, 5.41) is 13.8. The highest BCUT2D eigenvalue weighted by atomic mass is 19.4. The first-order valence-electron chi connectivity index (χ1n) is 9.72. The summed E-state index contributed by atoms with van der Waals surface area (Å²) < 4.78 is 46.2. The number of benzene rings is 2. The van der Waals surface area contributed by atoms with Gasteiger partial charge in [-0.05, 0) is 54.5 Å². The standard InChI is InChI=1S/C22H23F3N2O5/c1-2-13-31-17-9-5-16(6-10-17)20(29)27-19(21(30)26-11-12-28)14-15-3-7-18(8-4-15)32-22(23,24)25/h3-10,14,28H,2,11-13H2,1H3,(H,26,30)(H,27,29)/b19-14-. The van der Waals surface area contributed by atoms with Crippen LogP contribution in [0.3, 0.4) is 0 Å². The zero-order valence-corrected chi connectivity index (χ0v) is 17.2. The molecule has 2 rings (SSSR count). The van der Waals surface area contributed by atoms with Crippen molar-refractivity contribution in [2.45, 2.75) is 19.7 Å². The molecule has 172 valence electrons. The second-order valence-electron chi connectivity index (χ2n) is 6.48. The number of alkyl halides is 3. The van der Waals surface area contributed by atoms with Crippen LogP contribution in [-0.4, -0.2) is 43.0 Å². The molecule has 2 aromatic carbocycles. The lowest BCUT2D eigenvalue weighted by molar-refractivity contribution is -0.274. The summed E-state index contributed by atoms with van der Waals surface area (Å²) in [6.45, 7) is 2.15. The van der Waals surface area contributed by atoms with Crippen LogP contribution in [0.5, 0.6) is 11.5 Å². The maximum Gasteiger partial charge on any atom is 0.573 e. The normalized spacial score (nSPS) is 11.6. The van der Waals surface area contributed by atoms with E-state index in [1.54, 1.807) is 12.1 Å². The van der Waals surface area contributed by atoms with Gasteiger partial charge in [-0.3, -0.25) is 9.59 Å². The number of amides is 2. The van der Waals surface area contributed by atoms with Crippen LogP contribution < -0.4 is 20.1 Å². The van der Waals surface area contributed by atoms with Crippen LogP contribution in [0.1, 0.15) is 29.3 Å². The summed E-state index contributed by atoms with van der Waals surface area (Å²) in [6, 6.07) is 11.1. The minimum Gasteiger partial charge on any atom is -0.494 e. The Hall–Kier alpha value is -3.53. The SMILES string of the molecule is CCCOc1ccc(C(=O)N/C(=C\c2ccc(OC(F)(F)F)cc2)C(=O)NCCO)cc1. The van der Waals surface area contributed by atoms with E-state index in [2.05, 4.69) is 15.4 Å². The van der Waals surface area contributed by atoms with E-state index < -0.39 is 23.9 Å². The minimum absolute atomic E-state index is 0.0477. The summed E-state index contributed by atoms with van der Waals surface area (Å²) in [5.74, 6) is -1.07. The number of hydrogen-bond acceptors (Lipinski definition) is 5. The van der Waals surface area contributed by atoms with E-state index in [4.69, 9.17) is 9.84 Å². The number of halogens is 3. The predicted octanol–water partition coefficient (Wildman–Crippen LogP) is 3.25. The van der Waals surface area contributed by atoms with Crippen molar-refractivity contribution < 1.29 is 37.3 Å². The lowest BCUT2D eigenvalue weighted by atomic mass is 10.1. The largest absolute Gasteiger partial charge is 0.573 e. The molecule has 3 N–H and O–H groups in total. The van der Waals surface area contributed by atoms with E-state index in [9.17, 15) is 22.8 Å². The predicted molar refractivity (Wildman–Crippen MR) is 111 cm³/mol. The van der Waals surface area contributed by atoms with Crippen LogP contribution in [0, 0.1) is 0 Å². The Kier molecular flexibility index (Phi) is 9.08. The Labute approximate surface area is 182 Å². The van der Waals surface area contributed by atoms with Gasteiger partial charge in [0, 0.05) is 12.1 Å². The van der Waals surface area contributed by atoms with Crippen molar-refractivity contribution in [3.8, 4) is 11.5 Å². The molecule has 0 aromatic heterocycles. The molecule has 0 radical (unpaired) electrons. The molecule has 2 aromatic rings. The Balaban J connectivity index is 2.19. The van der Waals surface area contributed by atoms with Crippen molar-refractivity contribution in [2.24, 2.45) is 0 Å². The fraction of sp³-hybridized carbons (Fsp3) is 0.273. The average Bonchev–Trinajstić information content (AvgIpc) is 2.76. The number of ether oxygens (including phenoxy) is 2. The van der Waals surface area contributed by atoms with Crippen molar-refractivity contribution in [1.82, 2.24) is 10.6 Å². The van der Waals surface area contributed by atoms with Crippen LogP contribution in [0.15, 0.2) is 54.2 Å². The van der Waals surface area contributed by atoms with E-state index in [0.29, 0.717) is 17.9 Å². The van der Waals surface area contributed by atoms with Gasteiger partial charge in [-0.15, -0.1) is 13.2 Å². The highest BCUT2D eigenvalue weighted by Crippen LogP contribution is 2.23. The molecule has 0 bridgehead atoms. The molecule has 32 heavy (non-hydrogen) atoms. The van der Waals surface area contributed by atoms with Gasteiger partial charge in [0.05, 0.1) is 13.2 Å². The maximum absolute atomic E-state index is 12.6. The number of carbonyl (C=O) groups is 2.